The molecule has 0 saturated carbocycles. The van der Waals surface area contributed by atoms with Crippen LogP contribution in [-0.2, 0) is 6.54 Å². The van der Waals surface area contributed by atoms with Gasteiger partial charge >= 0.3 is 0 Å². The maximum absolute atomic E-state index is 3.28. The molecule has 1 N–H and O–H groups in total. The van der Waals surface area contributed by atoms with Crippen LogP contribution in [0.2, 0.25) is 0 Å². The van der Waals surface area contributed by atoms with Crippen molar-refractivity contribution in [3.8, 4) is 0 Å². The average molecular weight is 215 g/mol. The van der Waals surface area contributed by atoms with E-state index in [9.17, 15) is 0 Å². The van der Waals surface area contributed by atoms with Crippen molar-refractivity contribution in [2.75, 3.05) is 0 Å². The molecule has 0 saturated heterocycles. The average Bonchev–Trinajstić information content (AvgIpc) is 2.29. The van der Waals surface area contributed by atoms with Crippen molar-refractivity contribution in [3.05, 3.63) is 60.3 Å². The van der Waals surface area contributed by atoms with Crippen LogP contribution in [0.15, 0.2) is 54.8 Å². The standard InChI is InChI=1S/C15H21N/c1-14(2)9-5-4-8-12-16-13-15-10-6-3-7-11-15/h3,5-12,14,16H,4,13H2,1-2H3/b9-5+,12-8+. The molecule has 0 bridgehead atoms. The molecule has 0 aromatic heterocycles. The van der Waals surface area contributed by atoms with Gasteiger partial charge in [0.15, 0.2) is 0 Å². The van der Waals surface area contributed by atoms with Gasteiger partial charge in [-0.1, -0.05) is 62.4 Å². The molecule has 86 valence electrons. The summed E-state index contributed by atoms with van der Waals surface area (Å²) in [5, 5.41) is 3.28. The lowest BCUT2D eigenvalue weighted by molar-refractivity contribution is 0.827. The second-order valence-electron chi connectivity index (χ2n) is 4.18. The summed E-state index contributed by atoms with van der Waals surface area (Å²) in [6, 6.07) is 10.4. The molecule has 0 aliphatic rings. The van der Waals surface area contributed by atoms with Gasteiger partial charge in [-0.25, -0.2) is 0 Å². The lowest BCUT2D eigenvalue weighted by Crippen LogP contribution is -2.03. The molecule has 0 aliphatic heterocycles. The molecule has 1 aromatic carbocycles. The summed E-state index contributed by atoms with van der Waals surface area (Å²) in [7, 11) is 0. The molecule has 16 heavy (non-hydrogen) atoms. The van der Waals surface area contributed by atoms with Crippen molar-refractivity contribution >= 4 is 0 Å². The lowest BCUT2D eigenvalue weighted by atomic mass is 10.2. The Kier molecular flexibility index (Phi) is 6.09. The molecule has 1 aromatic rings. The fourth-order valence-corrected chi connectivity index (χ4v) is 1.35. The molecule has 0 unspecified atom stereocenters. The number of hydrogen-bond donors (Lipinski definition) is 1. The second-order valence-corrected chi connectivity index (χ2v) is 4.18. The molecule has 0 atom stereocenters. The molecule has 1 nitrogen and oxygen atoms in total. The number of benzene rings is 1. The van der Waals surface area contributed by atoms with Gasteiger partial charge in [0.1, 0.15) is 0 Å². The number of rotatable bonds is 6. The zero-order valence-corrected chi connectivity index (χ0v) is 10.2. The van der Waals surface area contributed by atoms with E-state index in [1.165, 1.54) is 5.56 Å². The Balaban J connectivity index is 2.14. The van der Waals surface area contributed by atoms with Crippen molar-refractivity contribution in [1.82, 2.24) is 5.32 Å². The fourth-order valence-electron chi connectivity index (χ4n) is 1.35. The van der Waals surface area contributed by atoms with Crippen molar-refractivity contribution in [2.45, 2.75) is 26.8 Å². The Labute approximate surface area is 98.9 Å². The smallest absolute Gasteiger partial charge is 0.0395 e. The Morgan fingerprint density at radius 3 is 2.56 bits per heavy atom. The van der Waals surface area contributed by atoms with Crippen LogP contribution >= 0.6 is 0 Å². The van der Waals surface area contributed by atoms with E-state index in [0.29, 0.717) is 5.92 Å². The van der Waals surface area contributed by atoms with Gasteiger partial charge < -0.3 is 5.32 Å². The Bertz CT molecular complexity index is 323. The van der Waals surface area contributed by atoms with Gasteiger partial charge in [-0.2, -0.15) is 0 Å². The van der Waals surface area contributed by atoms with Crippen LogP contribution in [0, 0.1) is 5.92 Å². The number of allylic oxidation sites excluding steroid dienone is 3. The zero-order valence-electron chi connectivity index (χ0n) is 10.2. The third-order valence-corrected chi connectivity index (χ3v) is 2.18. The van der Waals surface area contributed by atoms with Crippen LogP contribution in [0.1, 0.15) is 25.8 Å². The highest BCUT2D eigenvalue weighted by Gasteiger charge is 1.85. The van der Waals surface area contributed by atoms with Crippen LogP contribution < -0.4 is 5.32 Å². The molecule has 0 radical (unpaired) electrons. The highest BCUT2D eigenvalue weighted by molar-refractivity contribution is 5.14. The Morgan fingerprint density at radius 1 is 1.12 bits per heavy atom. The van der Waals surface area contributed by atoms with Gasteiger partial charge in [0.25, 0.3) is 0 Å². The van der Waals surface area contributed by atoms with Gasteiger partial charge in [-0.15, -0.1) is 0 Å². The quantitative estimate of drug-likeness (QED) is 0.710. The minimum Gasteiger partial charge on any atom is -0.387 e. The highest BCUT2D eigenvalue weighted by Crippen LogP contribution is 1.98. The summed E-state index contributed by atoms with van der Waals surface area (Å²) in [5.74, 6) is 0.644. The molecule has 0 heterocycles. The number of hydrogen-bond acceptors (Lipinski definition) is 1. The zero-order chi connectivity index (χ0) is 11.6. The first-order valence-corrected chi connectivity index (χ1v) is 5.88. The van der Waals surface area contributed by atoms with Gasteiger partial charge in [0, 0.05) is 6.54 Å². The van der Waals surface area contributed by atoms with Crippen molar-refractivity contribution < 1.29 is 0 Å². The highest BCUT2D eigenvalue weighted by atomic mass is 14.8. The van der Waals surface area contributed by atoms with E-state index in [1.54, 1.807) is 0 Å². The van der Waals surface area contributed by atoms with E-state index in [0.717, 1.165) is 13.0 Å². The van der Waals surface area contributed by atoms with Gasteiger partial charge in [-0.3, -0.25) is 0 Å². The van der Waals surface area contributed by atoms with Crippen LogP contribution in [0.3, 0.4) is 0 Å². The molecule has 0 aliphatic carbocycles. The molecule has 0 fully saturated rings. The lowest BCUT2D eigenvalue weighted by Gasteiger charge is -1.99. The van der Waals surface area contributed by atoms with Crippen LogP contribution in [-0.4, -0.2) is 0 Å². The summed E-state index contributed by atoms with van der Waals surface area (Å²) in [5.41, 5.74) is 1.31. The SMILES string of the molecule is CC(C)/C=C/C/C=C/NCc1ccccc1. The third-order valence-electron chi connectivity index (χ3n) is 2.18. The first-order valence-electron chi connectivity index (χ1n) is 5.88. The third kappa shape index (κ3) is 6.07. The van der Waals surface area contributed by atoms with E-state index in [-0.39, 0.29) is 0 Å². The van der Waals surface area contributed by atoms with Crippen LogP contribution in [0.5, 0.6) is 0 Å². The van der Waals surface area contributed by atoms with E-state index in [2.05, 4.69) is 61.7 Å². The summed E-state index contributed by atoms with van der Waals surface area (Å²) in [6.07, 6.45) is 9.59. The summed E-state index contributed by atoms with van der Waals surface area (Å²) < 4.78 is 0. The van der Waals surface area contributed by atoms with Gasteiger partial charge in [0.2, 0.25) is 0 Å². The second kappa shape index (κ2) is 7.75. The molecule has 0 spiro atoms. The topological polar surface area (TPSA) is 12.0 Å². The first-order chi connectivity index (χ1) is 7.79. The predicted octanol–water partition coefficient (Wildman–Crippen LogP) is 3.89. The summed E-state index contributed by atoms with van der Waals surface area (Å²) >= 11 is 0. The maximum atomic E-state index is 3.28. The van der Waals surface area contributed by atoms with E-state index < -0.39 is 0 Å². The molecule has 1 heteroatoms. The van der Waals surface area contributed by atoms with E-state index >= 15 is 0 Å². The first kappa shape index (κ1) is 12.6. The molecular weight excluding hydrogens is 194 g/mol. The summed E-state index contributed by atoms with van der Waals surface area (Å²) in [6.45, 7) is 5.27. The van der Waals surface area contributed by atoms with Crippen LogP contribution in [0.4, 0.5) is 0 Å². The van der Waals surface area contributed by atoms with Crippen molar-refractivity contribution in [1.29, 1.82) is 0 Å². The van der Waals surface area contributed by atoms with Gasteiger partial charge in [-0.05, 0) is 24.1 Å². The summed E-state index contributed by atoms with van der Waals surface area (Å²) in [4.78, 5) is 0. The maximum Gasteiger partial charge on any atom is 0.0395 e. The Hall–Kier alpha value is -1.50. The van der Waals surface area contributed by atoms with Gasteiger partial charge in [0.05, 0.1) is 0 Å². The minimum atomic E-state index is 0.644. The minimum absolute atomic E-state index is 0.644. The van der Waals surface area contributed by atoms with Crippen molar-refractivity contribution in [3.63, 3.8) is 0 Å². The number of nitrogens with one attached hydrogen (secondary N) is 1. The van der Waals surface area contributed by atoms with E-state index in [4.69, 9.17) is 0 Å². The van der Waals surface area contributed by atoms with Crippen molar-refractivity contribution in [2.24, 2.45) is 5.92 Å². The predicted molar refractivity (Wildman–Crippen MR) is 71.0 cm³/mol. The molecule has 1 rings (SSSR count). The van der Waals surface area contributed by atoms with E-state index in [1.807, 2.05) is 12.3 Å². The van der Waals surface area contributed by atoms with Crippen LogP contribution in [0.25, 0.3) is 0 Å². The molecule has 0 amide bonds. The Morgan fingerprint density at radius 2 is 1.88 bits per heavy atom. The largest absolute Gasteiger partial charge is 0.387 e. The molecular formula is C15H21N. The normalized spacial score (nSPS) is 11.7. The monoisotopic (exact) mass is 215 g/mol. The fraction of sp³-hybridized carbons (Fsp3) is 0.333.